The summed E-state index contributed by atoms with van der Waals surface area (Å²) in [5.74, 6) is 0.434. The highest BCUT2D eigenvalue weighted by molar-refractivity contribution is 6.01. The van der Waals surface area contributed by atoms with Crippen LogP contribution in [0.4, 0.5) is 5.69 Å². The molecule has 0 saturated heterocycles. The van der Waals surface area contributed by atoms with Crippen molar-refractivity contribution in [1.29, 1.82) is 0 Å². The average Bonchev–Trinajstić information content (AvgIpc) is 2.71. The Bertz CT molecular complexity index is 985. The Kier molecular flexibility index (Phi) is 5.56. The first-order valence-electron chi connectivity index (χ1n) is 8.39. The quantitative estimate of drug-likeness (QED) is 0.704. The first kappa shape index (κ1) is 18.3. The third-order valence-electron chi connectivity index (χ3n) is 4.10. The summed E-state index contributed by atoms with van der Waals surface area (Å²) in [7, 11) is 3.06. The van der Waals surface area contributed by atoms with Gasteiger partial charge in [-0.1, -0.05) is 30.3 Å². The molecule has 0 heterocycles. The second-order valence-electron chi connectivity index (χ2n) is 5.86. The fourth-order valence-corrected chi connectivity index (χ4v) is 2.69. The van der Waals surface area contributed by atoms with E-state index in [1.165, 1.54) is 7.11 Å². The number of amides is 2. The number of nitrogens with one attached hydrogen (secondary N) is 2. The molecule has 0 unspecified atom stereocenters. The minimum Gasteiger partial charge on any atom is -0.497 e. The molecule has 0 saturated carbocycles. The number of methoxy groups -OCH3 is 2. The van der Waals surface area contributed by atoms with Gasteiger partial charge in [0.2, 0.25) is 5.91 Å². The van der Waals surface area contributed by atoms with Gasteiger partial charge in [0.05, 0.1) is 26.5 Å². The zero-order valence-electron chi connectivity index (χ0n) is 15.1. The highest BCUT2D eigenvalue weighted by Gasteiger charge is 2.11. The van der Waals surface area contributed by atoms with Gasteiger partial charge in [-0.05, 0) is 35.0 Å². The van der Waals surface area contributed by atoms with Gasteiger partial charge in [-0.2, -0.15) is 0 Å². The number of hydrogen-bond acceptors (Lipinski definition) is 4. The Morgan fingerprint density at radius 3 is 2.41 bits per heavy atom. The molecule has 6 heteroatoms. The summed E-state index contributed by atoms with van der Waals surface area (Å²) in [6.07, 6.45) is 0. The van der Waals surface area contributed by atoms with Gasteiger partial charge in [-0.15, -0.1) is 0 Å². The molecule has 0 aliphatic rings. The van der Waals surface area contributed by atoms with Crippen LogP contribution in [0.25, 0.3) is 10.8 Å². The van der Waals surface area contributed by atoms with Crippen LogP contribution in [0.2, 0.25) is 0 Å². The Labute approximate surface area is 157 Å². The summed E-state index contributed by atoms with van der Waals surface area (Å²) in [6.45, 7) is -0.152. The van der Waals surface area contributed by atoms with Gasteiger partial charge in [0.15, 0.2) is 0 Å². The normalized spacial score (nSPS) is 10.3. The van der Waals surface area contributed by atoms with Crippen LogP contribution in [0.3, 0.4) is 0 Å². The van der Waals surface area contributed by atoms with E-state index in [-0.39, 0.29) is 18.4 Å². The van der Waals surface area contributed by atoms with Crippen molar-refractivity contribution in [2.75, 3.05) is 26.1 Å². The molecule has 0 fully saturated rings. The van der Waals surface area contributed by atoms with Crippen molar-refractivity contribution < 1.29 is 19.1 Å². The van der Waals surface area contributed by atoms with Gasteiger partial charge in [-0.3, -0.25) is 9.59 Å². The summed E-state index contributed by atoms with van der Waals surface area (Å²) in [4.78, 5) is 24.5. The lowest BCUT2D eigenvalue weighted by atomic mass is 10.1. The monoisotopic (exact) mass is 364 g/mol. The van der Waals surface area contributed by atoms with E-state index in [4.69, 9.17) is 9.47 Å². The Balaban J connectivity index is 1.62. The molecule has 3 rings (SSSR count). The molecule has 0 atom stereocenters. The van der Waals surface area contributed by atoms with E-state index < -0.39 is 0 Å². The van der Waals surface area contributed by atoms with Gasteiger partial charge < -0.3 is 20.1 Å². The van der Waals surface area contributed by atoms with Crippen LogP contribution in [-0.4, -0.2) is 32.6 Å². The van der Waals surface area contributed by atoms with Crippen LogP contribution >= 0.6 is 0 Å². The molecule has 0 aromatic heterocycles. The molecule has 2 amide bonds. The highest BCUT2D eigenvalue weighted by atomic mass is 16.5. The lowest BCUT2D eigenvalue weighted by Crippen LogP contribution is -2.32. The van der Waals surface area contributed by atoms with E-state index in [0.717, 1.165) is 10.8 Å². The largest absolute Gasteiger partial charge is 0.497 e. The number of anilines is 1. The Morgan fingerprint density at radius 2 is 1.67 bits per heavy atom. The van der Waals surface area contributed by atoms with Crippen LogP contribution in [0.15, 0.2) is 60.7 Å². The summed E-state index contributed by atoms with van der Waals surface area (Å²) < 4.78 is 10.4. The molecular formula is C21H20N2O4. The third kappa shape index (κ3) is 4.36. The van der Waals surface area contributed by atoms with Crippen molar-refractivity contribution in [3.63, 3.8) is 0 Å². The lowest BCUT2D eigenvalue weighted by molar-refractivity contribution is -0.115. The minimum absolute atomic E-state index is 0.152. The second kappa shape index (κ2) is 8.23. The van der Waals surface area contributed by atoms with Gasteiger partial charge in [0, 0.05) is 11.6 Å². The van der Waals surface area contributed by atoms with E-state index in [9.17, 15) is 9.59 Å². The van der Waals surface area contributed by atoms with Gasteiger partial charge >= 0.3 is 0 Å². The van der Waals surface area contributed by atoms with E-state index in [2.05, 4.69) is 10.6 Å². The molecule has 0 radical (unpaired) electrons. The number of hydrogen-bond donors (Lipinski definition) is 2. The van der Waals surface area contributed by atoms with Crippen LogP contribution in [0.5, 0.6) is 11.5 Å². The maximum atomic E-state index is 12.3. The third-order valence-corrected chi connectivity index (χ3v) is 4.10. The maximum absolute atomic E-state index is 12.3. The van der Waals surface area contributed by atoms with Crippen molar-refractivity contribution >= 4 is 28.3 Å². The van der Waals surface area contributed by atoms with Crippen LogP contribution in [0, 0.1) is 0 Å². The zero-order valence-corrected chi connectivity index (χ0v) is 15.1. The Morgan fingerprint density at radius 1 is 0.889 bits per heavy atom. The standard InChI is InChI=1S/C21H20N2O4/c1-26-17-9-10-18(19(12-17)27-2)23-20(24)13-22-21(25)16-8-7-14-5-3-4-6-15(14)11-16/h3-12H,13H2,1-2H3,(H,22,25)(H,23,24). The number of fused-ring (bicyclic) bond motifs is 1. The summed E-state index contributed by atoms with van der Waals surface area (Å²) >= 11 is 0. The van der Waals surface area contributed by atoms with Crippen molar-refractivity contribution in [2.45, 2.75) is 0 Å². The van der Waals surface area contributed by atoms with E-state index >= 15 is 0 Å². The number of carbonyl (C=O) groups excluding carboxylic acids is 2. The van der Waals surface area contributed by atoms with Crippen LogP contribution < -0.4 is 20.1 Å². The molecule has 0 aliphatic carbocycles. The fraction of sp³-hybridized carbons (Fsp3) is 0.143. The number of carbonyl (C=O) groups is 2. The van der Waals surface area contributed by atoms with Gasteiger partial charge in [-0.25, -0.2) is 0 Å². The minimum atomic E-state index is -0.354. The molecule has 0 aliphatic heterocycles. The molecule has 27 heavy (non-hydrogen) atoms. The van der Waals surface area contributed by atoms with E-state index in [1.54, 1.807) is 37.4 Å². The SMILES string of the molecule is COc1ccc(NC(=O)CNC(=O)c2ccc3ccccc3c2)c(OC)c1. The summed E-state index contributed by atoms with van der Waals surface area (Å²) in [5.41, 5.74) is 1.01. The Hall–Kier alpha value is -3.54. The smallest absolute Gasteiger partial charge is 0.251 e. The molecule has 6 nitrogen and oxygen atoms in total. The zero-order chi connectivity index (χ0) is 19.2. The van der Waals surface area contributed by atoms with Crippen molar-refractivity contribution in [3.8, 4) is 11.5 Å². The predicted octanol–water partition coefficient (Wildman–Crippen LogP) is 3.23. The first-order chi connectivity index (χ1) is 13.1. The second-order valence-corrected chi connectivity index (χ2v) is 5.86. The number of rotatable bonds is 6. The highest BCUT2D eigenvalue weighted by Crippen LogP contribution is 2.28. The van der Waals surface area contributed by atoms with Crippen LogP contribution in [0.1, 0.15) is 10.4 Å². The number of benzene rings is 3. The predicted molar refractivity (Wildman–Crippen MR) is 104 cm³/mol. The average molecular weight is 364 g/mol. The first-order valence-corrected chi connectivity index (χ1v) is 8.39. The molecule has 3 aromatic carbocycles. The van der Waals surface area contributed by atoms with Crippen molar-refractivity contribution in [3.05, 3.63) is 66.2 Å². The molecule has 0 bridgehead atoms. The molecule has 138 valence electrons. The van der Waals surface area contributed by atoms with Gasteiger partial charge in [0.1, 0.15) is 11.5 Å². The molecular weight excluding hydrogens is 344 g/mol. The van der Waals surface area contributed by atoms with Crippen LogP contribution in [-0.2, 0) is 4.79 Å². The van der Waals surface area contributed by atoms with E-state index in [1.807, 2.05) is 30.3 Å². The number of ether oxygens (including phenoxy) is 2. The fourth-order valence-electron chi connectivity index (χ4n) is 2.69. The molecule has 2 N–H and O–H groups in total. The molecule has 0 spiro atoms. The van der Waals surface area contributed by atoms with E-state index in [0.29, 0.717) is 22.7 Å². The van der Waals surface area contributed by atoms with Crippen molar-refractivity contribution in [2.24, 2.45) is 0 Å². The molecule has 3 aromatic rings. The van der Waals surface area contributed by atoms with Crippen molar-refractivity contribution in [1.82, 2.24) is 5.32 Å². The lowest BCUT2D eigenvalue weighted by Gasteiger charge is -2.12. The van der Waals surface area contributed by atoms with Gasteiger partial charge in [0.25, 0.3) is 5.91 Å². The summed E-state index contributed by atoms with van der Waals surface area (Å²) in [6, 6.07) is 18.3. The summed E-state index contributed by atoms with van der Waals surface area (Å²) in [5, 5.41) is 7.37. The topological polar surface area (TPSA) is 76.7 Å². The maximum Gasteiger partial charge on any atom is 0.251 e.